The number of nitrogens with zero attached hydrogens (tertiary/aromatic N) is 2. The van der Waals surface area contributed by atoms with Gasteiger partial charge in [0.25, 0.3) is 5.69 Å². The molecule has 10 heteroatoms. The van der Waals surface area contributed by atoms with E-state index >= 15 is 0 Å². The molecule has 1 aromatic rings. The van der Waals surface area contributed by atoms with Gasteiger partial charge < -0.3 is 5.73 Å². The van der Waals surface area contributed by atoms with Crippen molar-refractivity contribution in [3.05, 3.63) is 33.3 Å². The van der Waals surface area contributed by atoms with Crippen molar-refractivity contribution in [3.8, 4) is 0 Å². The summed E-state index contributed by atoms with van der Waals surface area (Å²) < 4.78 is 26.7. The van der Waals surface area contributed by atoms with Crippen molar-refractivity contribution in [1.29, 1.82) is 0 Å². The molecule has 1 fully saturated rings. The molecule has 22 heavy (non-hydrogen) atoms. The van der Waals surface area contributed by atoms with E-state index in [1.54, 1.807) is 0 Å². The third-order valence-corrected chi connectivity index (χ3v) is 5.78. The molecule has 1 aliphatic rings. The van der Waals surface area contributed by atoms with Gasteiger partial charge in [-0.05, 0) is 25.0 Å². The molecule has 1 saturated heterocycles. The van der Waals surface area contributed by atoms with Crippen LogP contribution in [0.5, 0.6) is 0 Å². The van der Waals surface area contributed by atoms with Crippen LogP contribution < -0.4 is 5.73 Å². The van der Waals surface area contributed by atoms with Crippen LogP contribution in [-0.4, -0.2) is 36.8 Å². The number of nitrogens with two attached hydrogens (primary N) is 1. The molecule has 1 atom stereocenters. The van der Waals surface area contributed by atoms with Gasteiger partial charge in [0.2, 0.25) is 10.0 Å². The maximum atomic E-state index is 12.7. The van der Waals surface area contributed by atoms with Crippen LogP contribution >= 0.6 is 24.0 Å². The summed E-state index contributed by atoms with van der Waals surface area (Å²) in [7, 11) is -3.96. The summed E-state index contributed by atoms with van der Waals surface area (Å²) in [4.78, 5) is 10.0. The van der Waals surface area contributed by atoms with Crippen LogP contribution in [0.25, 0.3) is 0 Å². The molecule has 1 aliphatic heterocycles. The molecule has 0 aromatic heterocycles. The summed E-state index contributed by atoms with van der Waals surface area (Å²) in [5, 5.41) is 11.2. The van der Waals surface area contributed by atoms with Gasteiger partial charge >= 0.3 is 0 Å². The molecular weight excluding hydrogens is 353 g/mol. The largest absolute Gasteiger partial charge is 0.329 e. The Kier molecular flexibility index (Phi) is 6.57. The topological polar surface area (TPSA) is 107 Å². The SMILES string of the molecule is Cl.NCC1CCCCN1S(=O)(=O)c1ccc(Cl)cc1[N+](=O)[O-]. The van der Waals surface area contributed by atoms with E-state index in [1.807, 2.05) is 0 Å². The van der Waals surface area contributed by atoms with Crippen LogP contribution in [0.15, 0.2) is 23.1 Å². The second-order valence-corrected chi connectivity index (χ2v) is 7.17. The summed E-state index contributed by atoms with van der Waals surface area (Å²) in [5.41, 5.74) is 5.12. The zero-order valence-corrected chi connectivity index (χ0v) is 14.0. The van der Waals surface area contributed by atoms with Crippen LogP contribution in [-0.2, 0) is 10.0 Å². The standard InChI is InChI=1S/C12H16ClN3O4S.ClH/c13-9-4-5-12(11(7-9)16(17)18)21(19,20)15-6-2-1-3-10(15)8-14;/h4-5,7,10H,1-3,6,8,14H2;1H. The molecule has 2 rings (SSSR count). The smallest absolute Gasteiger partial charge is 0.290 e. The number of hydrogen-bond donors (Lipinski definition) is 1. The maximum Gasteiger partial charge on any atom is 0.290 e. The minimum absolute atomic E-state index is 0. The second-order valence-electron chi connectivity index (χ2n) is 4.87. The van der Waals surface area contributed by atoms with Crippen LogP contribution in [0, 0.1) is 10.1 Å². The van der Waals surface area contributed by atoms with Crippen molar-refractivity contribution in [2.75, 3.05) is 13.1 Å². The van der Waals surface area contributed by atoms with Crippen molar-refractivity contribution in [2.45, 2.75) is 30.2 Å². The van der Waals surface area contributed by atoms with E-state index in [0.29, 0.717) is 13.0 Å². The highest BCUT2D eigenvalue weighted by Crippen LogP contribution is 2.32. The van der Waals surface area contributed by atoms with E-state index in [4.69, 9.17) is 17.3 Å². The number of benzene rings is 1. The lowest BCUT2D eigenvalue weighted by Gasteiger charge is -2.33. The summed E-state index contributed by atoms with van der Waals surface area (Å²) >= 11 is 5.72. The Morgan fingerprint density at radius 1 is 1.41 bits per heavy atom. The van der Waals surface area contributed by atoms with Crippen molar-refractivity contribution in [2.24, 2.45) is 5.73 Å². The number of piperidine rings is 1. The van der Waals surface area contributed by atoms with Crippen molar-refractivity contribution in [3.63, 3.8) is 0 Å². The number of rotatable bonds is 4. The highest BCUT2D eigenvalue weighted by atomic mass is 35.5. The molecular formula is C12H17Cl2N3O4S. The fourth-order valence-corrected chi connectivity index (χ4v) is 4.51. The predicted molar refractivity (Wildman–Crippen MR) is 85.9 cm³/mol. The van der Waals surface area contributed by atoms with Gasteiger partial charge in [-0.3, -0.25) is 10.1 Å². The Hall–Kier alpha value is -0.930. The van der Waals surface area contributed by atoms with Crippen LogP contribution in [0.3, 0.4) is 0 Å². The lowest BCUT2D eigenvalue weighted by molar-refractivity contribution is -0.387. The van der Waals surface area contributed by atoms with Crippen LogP contribution in [0.4, 0.5) is 5.69 Å². The summed E-state index contributed by atoms with van der Waals surface area (Å²) in [6.07, 6.45) is 2.28. The molecule has 1 aromatic carbocycles. The van der Waals surface area contributed by atoms with Crippen LogP contribution in [0.1, 0.15) is 19.3 Å². The zero-order chi connectivity index (χ0) is 15.6. The van der Waals surface area contributed by atoms with Gasteiger partial charge in [0.05, 0.1) is 4.92 Å². The van der Waals surface area contributed by atoms with E-state index in [2.05, 4.69) is 0 Å². The van der Waals surface area contributed by atoms with Crippen molar-refractivity contribution in [1.82, 2.24) is 4.31 Å². The highest BCUT2D eigenvalue weighted by Gasteiger charge is 2.36. The first-order chi connectivity index (χ1) is 9.87. The Balaban J connectivity index is 0.00000242. The summed E-state index contributed by atoms with van der Waals surface area (Å²) in [5.74, 6) is 0. The highest BCUT2D eigenvalue weighted by molar-refractivity contribution is 7.89. The van der Waals surface area contributed by atoms with Gasteiger partial charge in [-0.25, -0.2) is 8.42 Å². The minimum Gasteiger partial charge on any atom is -0.329 e. The first-order valence-electron chi connectivity index (χ1n) is 6.53. The first kappa shape index (κ1) is 19.1. The molecule has 0 bridgehead atoms. The first-order valence-corrected chi connectivity index (χ1v) is 8.35. The van der Waals surface area contributed by atoms with Gasteiger partial charge in [0.15, 0.2) is 4.90 Å². The number of sulfonamides is 1. The quantitative estimate of drug-likeness (QED) is 0.646. The number of nitro benzene ring substituents is 1. The third-order valence-electron chi connectivity index (χ3n) is 3.55. The fraction of sp³-hybridized carbons (Fsp3) is 0.500. The average Bonchev–Trinajstić information content (AvgIpc) is 2.46. The normalized spacial score (nSPS) is 19.5. The molecule has 1 unspecified atom stereocenters. The molecule has 124 valence electrons. The van der Waals surface area contributed by atoms with E-state index in [9.17, 15) is 18.5 Å². The predicted octanol–water partition coefficient (Wildman–Crippen LogP) is 2.17. The Morgan fingerprint density at radius 3 is 2.68 bits per heavy atom. The fourth-order valence-electron chi connectivity index (χ4n) is 2.50. The number of hydrogen-bond acceptors (Lipinski definition) is 5. The lowest BCUT2D eigenvalue weighted by Crippen LogP contribution is -2.47. The van der Waals surface area contributed by atoms with E-state index in [1.165, 1.54) is 16.4 Å². The Bertz CT molecular complexity index is 654. The lowest BCUT2D eigenvalue weighted by atomic mass is 10.1. The maximum absolute atomic E-state index is 12.7. The van der Waals surface area contributed by atoms with Crippen LogP contribution in [0.2, 0.25) is 5.02 Å². The third kappa shape index (κ3) is 3.69. The van der Waals surface area contributed by atoms with Gasteiger partial charge in [0.1, 0.15) is 0 Å². The van der Waals surface area contributed by atoms with Gasteiger partial charge in [-0.2, -0.15) is 4.31 Å². The van der Waals surface area contributed by atoms with E-state index in [-0.39, 0.29) is 34.9 Å². The van der Waals surface area contributed by atoms with E-state index in [0.717, 1.165) is 18.9 Å². The minimum atomic E-state index is -3.96. The molecule has 7 nitrogen and oxygen atoms in total. The second kappa shape index (κ2) is 7.56. The van der Waals surface area contributed by atoms with E-state index < -0.39 is 20.6 Å². The molecule has 0 radical (unpaired) electrons. The Labute approximate surface area is 140 Å². The molecule has 0 saturated carbocycles. The van der Waals surface area contributed by atoms with Crippen molar-refractivity contribution < 1.29 is 13.3 Å². The summed E-state index contributed by atoms with van der Waals surface area (Å²) in [6.45, 7) is 0.518. The van der Waals surface area contributed by atoms with Crippen molar-refractivity contribution >= 4 is 39.7 Å². The zero-order valence-electron chi connectivity index (χ0n) is 11.6. The average molecular weight is 370 g/mol. The van der Waals surface area contributed by atoms with Gasteiger partial charge in [-0.1, -0.05) is 18.0 Å². The number of halogens is 2. The monoisotopic (exact) mass is 369 g/mol. The molecule has 0 spiro atoms. The van der Waals surface area contributed by atoms with Gasteiger partial charge in [0, 0.05) is 30.2 Å². The number of nitro groups is 1. The molecule has 0 aliphatic carbocycles. The molecule has 1 heterocycles. The molecule has 2 N–H and O–H groups in total. The summed E-state index contributed by atoms with van der Waals surface area (Å²) in [6, 6.07) is 3.25. The molecule has 0 amide bonds. The Morgan fingerprint density at radius 2 is 2.09 bits per heavy atom. The van der Waals surface area contributed by atoms with Gasteiger partial charge in [-0.15, -0.1) is 12.4 Å².